The first-order chi connectivity index (χ1) is 6.31. The van der Waals surface area contributed by atoms with Crippen LogP contribution in [0, 0.1) is 35.0 Å². The average Bonchev–Trinajstić information content (AvgIpc) is 2.57. The fourth-order valence-corrected chi connectivity index (χ4v) is 3.33. The normalized spacial score (nSPS) is 16.4. The van der Waals surface area contributed by atoms with Gasteiger partial charge in [-0.1, -0.05) is 23.5 Å². The fourth-order valence-electron chi connectivity index (χ4n) is 0.867. The van der Waals surface area contributed by atoms with Gasteiger partial charge in [-0.3, -0.25) is 0 Å². The molecule has 13 heavy (non-hydrogen) atoms. The van der Waals surface area contributed by atoms with Gasteiger partial charge in [0.25, 0.3) is 0 Å². The van der Waals surface area contributed by atoms with E-state index in [1.54, 1.807) is 0 Å². The van der Waals surface area contributed by atoms with Crippen molar-refractivity contribution in [3.8, 4) is 24.5 Å². The van der Waals surface area contributed by atoms with Crippen molar-refractivity contribution in [3.05, 3.63) is 9.81 Å². The van der Waals surface area contributed by atoms with Crippen LogP contribution < -0.4 is 0 Å². The summed E-state index contributed by atoms with van der Waals surface area (Å²) < 4.78 is 0.250. The first-order valence-corrected chi connectivity index (χ1v) is 5.39. The highest BCUT2D eigenvalue weighted by Crippen LogP contribution is 2.46. The Kier molecular flexibility index (Phi) is 3.77. The number of thioether (sulfide) groups is 2. The number of rotatable bonds is 2. The van der Waals surface area contributed by atoms with E-state index in [-0.39, 0.29) is 4.58 Å². The predicted octanol–water partition coefficient (Wildman–Crippen LogP) is 2.46. The molecule has 0 aromatic heterocycles. The van der Waals surface area contributed by atoms with Crippen LogP contribution >= 0.6 is 23.5 Å². The molecule has 0 unspecified atom stereocenters. The summed E-state index contributed by atoms with van der Waals surface area (Å²) in [4.78, 5) is 1.07. The Morgan fingerprint density at radius 3 is 2.15 bits per heavy atom. The minimum atomic E-state index is 0.250. The van der Waals surface area contributed by atoms with Crippen molar-refractivity contribution in [1.82, 2.24) is 0 Å². The van der Waals surface area contributed by atoms with Gasteiger partial charge in [-0.15, -0.1) is 12.3 Å². The highest BCUT2D eigenvalue weighted by atomic mass is 32.2. The summed E-state index contributed by atoms with van der Waals surface area (Å²) in [5.41, 5.74) is 0. The summed E-state index contributed by atoms with van der Waals surface area (Å²) in [5.74, 6) is 2.55. The first-order valence-electron chi connectivity index (χ1n) is 3.63. The van der Waals surface area contributed by atoms with Crippen molar-refractivity contribution < 1.29 is 0 Å². The number of allylic oxidation sites excluding steroid dienone is 2. The molecule has 1 aliphatic rings. The molecule has 0 saturated heterocycles. The zero-order valence-electron chi connectivity index (χ0n) is 6.78. The van der Waals surface area contributed by atoms with Crippen LogP contribution in [-0.4, -0.2) is 4.58 Å². The number of hydrogen-bond donors (Lipinski definition) is 0. The first kappa shape index (κ1) is 10.1. The Balaban J connectivity index is 2.56. The van der Waals surface area contributed by atoms with Gasteiger partial charge in [0.05, 0.1) is 4.58 Å². The van der Waals surface area contributed by atoms with E-state index in [0.717, 1.165) is 6.42 Å². The number of nitriles is 2. The molecule has 0 radical (unpaired) electrons. The number of nitrogens with zero attached hydrogens (tertiary/aromatic N) is 2. The van der Waals surface area contributed by atoms with E-state index in [2.05, 4.69) is 5.92 Å². The fraction of sp³-hybridized carbons (Fsp3) is 0.333. The van der Waals surface area contributed by atoms with E-state index in [1.807, 2.05) is 12.1 Å². The monoisotopic (exact) mass is 206 g/mol. The highest BCUT2D eigenvalue weighted by molar-refractivity contribution is 8.23. The van der Waals surface area contributed by atoms with Crippen LogP contribution in [0.1, 0.15) is 12.8 Å². The van der Waals surface area contributed by atoms with Gasteiger partial charge in [-0.2, -0.15) is 10.5 Å². The summed E-state index contributed by atoms with van der Waals surface area (Å²) in [6.45, 7) is 0. The molecule has 0 aromatic rings. The van der Waals surface area contributed by atoms with Crippen LogP contribution in [0.4, 0.5) is 0 Å². The SMILES string of the molecule is C#CCCC1SC(C#N)=C(C#N)S1. The third-order valence-electron chi connectivity index (χ3n) is 1.43. The number of hydrogen-bond acceptors (Lipinski definition) is 4. The van der Waals surface area contributed by atoms with Crippen molar-refractivity contribution in [1.29, 1.82) is 10.5 Å². The van der Waals surface area contributed by atoms with Crippen molar-refractivity contribution >= 4 is 23.5 Å². The lowest BCUT2D eigenvalue weighted by atomic mass is 10.4. The third kappa shape index (κ3) is 2.46. The summed E-state index contributed by atoms with van der Waals surface area (Å²) in [6, 6.07) is 4.04. The molecule has 0 saturated carbocycles. The Hall–Kier alpha value is -1.02. The molecular weight excluding hydrogens is 200 g/mol. The van der Waals surface area contributed by atoms with Gasteiger partial charge < -0.3 is 0 Å². The molecule has 0 amide bonds. The van der Waals surface area contributed by atoms with E-state index in [4.69, 9.17) is 16.9 Å². The summed E-state index contributed by atoms with van der Waals surface area (Å²) >= 11 is 2.89. The lowest BCUT2D eigenvalue weighted by molar-refractivity contribution is 0.966. The number of terminal acetylenes is 1. The standard InChI is InChI=1S/C9H6N2S2/c1-2-3-4-9-12-7(5-10)8(6-11)13-9/h1,9H,3-4H2. The zero-order valence-corrected chi connectivity index (χ0v) is 8.41. The molecule has 4 heteroatoms. The van der Waals surface area contributed by atoms with E-state index in [9.17, 15) is 0 Å². The van der Waals surface area contributed by atoms with Crippen LogP contribution in [0.3, 0.4) is 0 Å². The molecular formula is C9H6N2S2. The van der Waals surface area contributed by atoms with Crippen molar-refractivity contribution in [2.75, 3.05) is 0 Å². The topological polar surface area (TPSA) is 47.6 Å². The van der Waals surface area contributed by atoms with Gasteiger partial charge in [0, 0.05) is 6.42 Å². The maximum atomic E-state index is 8.68. The van der Waals surface area contributed by atoms with Gasteiger partial charge >= 0.3 is 0 Å². The molecule has 0 N–H and O–H groups in total. The second-order valence-electron chi connectivity index (χ2n) is 2.29. The Morgan fingerprint density at radius 1 is 1.23 bits per heavy atom. The predicted molar refractivity (Wildman–Crippen MR) is 55.3 cm³/mol. The van der Waals surface area contributed by atoms with Gasteiger partial charge in [0.1, 0.15) is 21.9 Å². The van der Waals surface area contributed by atoms with E-state index < -0.39 is 0 Å². The zero-order chi connectivity index (χ0) is 9.68. The lowest BCUT2D eigenvalue weighted by Gasteiger charge is -2.03. The largest absolute Gasteiger partial charge is 0.192 e. The third-order valence-corrected chi connectivity index (χ3v) is 4.20. The van der Waals surface area contributed by atoms with Gasteiger partial charge in [-0.05, 0) is 6.42 Å². The van der Waals surface area contributed by atoms with E-state index in [0.29, 0.717) is 16.2 Å². The van der Waals surface area contributed by atoms with Crippen molar-refractivity contribution in [3.63, 3.8) is 0 Å². The quantitative estimate of drug-likeness (QED) is 0.651. The Morgan fingerprint density at radius 2 is 1.77 bits per heavy atom. The minimum absolute atomic E-state index is 0.250. The van der Waals surface area contributed by atoms with E-state index in [1.165, 1.54) is 23.5 Å². The summed E-state index contributed by atoms with van der Waals surface area (Å²) in [6.07, 6.45) is 6.67. The lowest BCUT2D eigenvalue weighted by Crippen LogP contribution is -1.90. The minimum Gasteiger partial charge on any atom is -0.192 e. The maximum Gasteiger partial charge on any atom is 0.110 e. The van der Waals surface area contributed by atoms with Crippen LogP contribution in [0.5, 0.6) is 0 Å². The molecule has 0 aromatic carbocycles. The average molecular weight is 206 g/mol. The Labute approximate surface area is 86.0 Å². The van der Waals surface area contributed by atoms with Crippen LogP contribution in [0.15, 0.2) is 9.81 Å². The molecule has 0 fully saturated rings. The van der Waals surface area contributed by atoms with Crippen LogP contribution in [-0.2, 0) is 0 Å². The van der Waals surface area contributed by atoms with E-state index >= 15 is 0 Å². The highest BCUT2D eigenvalue weighted by Gasteiger charge is 2.25. The second kappa shape index (κ2) is 4.87. The molecule has 1 rings (SSSR count). The van der Waals surface area contributed by atoms with Crippen LogP contribution in [0.25, 0.3) is 0 Å². The molecule has 1 heterocycles. The molecule has 0 aliphatic carbocycles. The summed E-state index contributed by atoms with van der Waals surface area (Å²) in [5, 5.41) is 17.4. The van der Waals surface area contributed by atoms with Crippen LogP contribution in [0.2, 0.25) is 0 Å². The molecule has 0 bridgehead atoms. The van der Waals surface area contributed by atoms with Crippen molar-refractivity contribution in [2.24, 2.45) is 0 Å². The molecule has 64 valence electrons. The Bertz CT molecular complexity index is 325. The molecule has 0 spiro atoms. The smallest absolute Gasteiger partial charge is 0.110 e. The molecule has 1 aliphatic heterocycles. The molecule has 0 atom stereocenters. The van der Waals surface area contributed by atoms with Crippen molar-refractivity contribution in [2.45, 2.75) is 17.4 Å². The molecule has 2 nitrogen and oxygen atoms in total. The maximum absolute atomic E-state index is 8.68. The second-order valence-corrected chi connectivity index (χ2v) is 5.01. The van der Waals surface area contributed by atoms with Gasteiger partial charge in [0.2, 0.25) is 0 Å². The van der Waals surface area contributed by atoms with Gasteiger partial charge in [0.15, 0.2) is 0 Å². The summed E-state index contributed by atoms with van der Waals surface area (Å²) in [7, 11) is 0. The van der Waals surface area contributed by atoms with Gasteiger partial charge in [-0.25, -0.2) is 0 Å².